The zero-order valence-electron chi connectivity index (χ0n) is 7.67. The maximum atomic E-state index is 10.3. The average Bonchev–Trinajstić information content (AvgIpc) is 2.20. The van der Waals surface area contributed by atoms with Crippen LogP contribution in [0.2, 0.25) is 5.02 Å². The molecule has 0 heterocycles. The minimum absolute atomic E-state index is 0.485. The fourth-order valence-electron chi connectivity index (χ4n) is 1.10. The molecule has 0 N–H and O–H groups in total. The Hall–Kier alpha value is -0.730. The summed E-state index contributed by atoms with van der Waals surface area (Å²) < 4.78 is 5.04. The van der Waals surface area contributed by atoms with Gasteiger partial charge in [0.2, 0.25) is 0 Å². The lowest BCUT2D eigenvalue weighted by molar-refractivity contribution is -0.107. The van der Waals surface area contributed by atoms with Gasteiger partial charge in [0.1, 0.15) is 12.0 Å². The number of carbonyl (C=O) groups excluding carboxylic acids is 1. The predicted molar refractivity (Wildman–Crippen MR) is 57.4 cm³/mol. The number of carbonyl (C=O) groups is 1. The first-order chi connectivity index (χ1) is 6.67. The molecule has 2 nitrogen and oxygen atoms in total. The van der Waals surface area contributed by atoms with Gasteiger partial charge in [0.25, 0.3) is 0 Å². The Kier molecular flexibility index (Phi) is 4.23. The largest absolute Gasteiger partial charge is 0.495 e. The maximum Gasteiger partial charge on any atom is 0.138 e. The molecule has 4 heteroatoms. The molecule has 76 valence electrons. The van der Waals surface area contributed by atoms with E-state index in [0.29, 0.717) is 23.5 Å². The van der Waals surface area contributed by atoms with Crippen molar-refractivity contribution >= 4 is 29.5 Å². The molecule has 0 radical (unpaired) electrons. The number of benzene rings is 1. The van der Waals surface area contributed by atoms with Gasteiger partial charge in [-0.1, -0.05) is 17.7 Å². The maximum absolute atomic E-state index is 10.3. The molecule has 0 saturated carbocycles. The van der Waals surface area contributed by atoms with Crippen molar-refractivity contribution in [1.82, 2.24) is 0 Å². The number of alkyl halides is 1. The molecule has 14 heavy (non-hydrogen) atoms. The highest BCUT2D eigenvalue weighted by Gasteiger charge is 2.06. The van der Waals surface area contributed by atoms with Gasteiger partial charge in [-0.3, -0.25) is 0 Å². The molecule has 1 rings (SSSR count). The van der Waals surface area contributed by atoms with Crippen LogP contribution >= 0.6 is 23.2 Å². The lowest BCUT2D eigenvalue weighted by Crippen LogP contribution is -2.04. The van der Waals surface area contributed by atoms with E-state index < -0.39 is 5.38 Å². The first kappa shape index (κ1) is 11.3. The Morgan fingerprint density at radius 2 is 2.29 bits per heavy atom. The normalized spacial score (nSPS) is 12.2. The number of methoxy groups -OCH3 is 1. The minimum Gasteiger partial charge on any atom is -0.495 e. The van der Waals surface area contributed by atoms with Crippen molar-refractivity contribution in [2.24, 2.45) is 0 Å². The van der Waals surface area contributed by atoms with Crippen molar-refractivity contribution in [3.63, 3.8) is 0 Å². The minimum atomic E-state index is -0.499. The van der Waals surface area contributed by atoms with E-state index in [0.717, 1.165) is 5.56 Å². The molecule has 0 bridgehead atoms. The Morgan fingerprint density at radius 3 is 2.86 bits per heavy atom. The number of halogens is 2. The van der Waals surface area contributed by atoms with Gasteiger partial charge in [-0.05, 0) is 24.1 Å². The molecule has 0 amide bonds. The van der Waals surface area contributed by atoms with Crippen molar-refractivity contribution in [2.75, 3.05) is 7.11 Å². The van der Waals surface area contributed by atoms with Crippen molar-refractivity contribution < 1.29 is 9.53 Å². The third kappa shape index (κ3) is 2.89. The van der Waals surface area contributed by atoms with Crippen LogP contribution in [0.5, 0.6) is 5.75 Å². The molecule has 0 aliphatic heterocycles. The van der Waals surface area contributed by atoms with Crippen LogP contribution < -0.4 is 4.74 Å². The Morgan fingerprint density at radius 1 is 1.57 bits per heavy atom. The van der Waals surface area contributed by atoms with Crippen LogP contribution in [0.15, 0.2) is 18.2 Å². The second-order valence-corrected chi connectivity index (χ2v) is 3.79. The van der Waals surface area contributed by atoms with Gasteiger partial charge in [0.15, 0.2) is 0 Å². The van der Waals surface area contributed by atoms with Crippen molar-refractivity contribution in [1.29, 1.82) is 0 Å². The lowest BCUT2D eigenvalue weighted by Gasteiger charge is -2.06. The first-order valence-electron chi connectivity index (χ1n) is 4.09. The summed E-state index contributed by atoms with van der Waals surface area (Å²) in [5.74, 6) is 0.596. The summed E-state index contributed by atoms with van der Waals surface area (Å²) >= 11 is 11.5. The van der Waals surface area contributed by atoms with Gasteiger partial charge in [-0.25, -0.2) is 0 Å². The van der Waals surface area contributed by atoms with E-state index in [-0.39, 0.29) is 0 Å². The Balaban J connectivity index is 2.84. The molecule has 1 aromatic rings. The highest BCUT2D eigenvalue weighted by Crippen LogP contribution is 2.25. The van der Waals surface area contributed by atoms with Crippen LogP contribution in [0, 0.1) is 0 Å². The molecule has 0 aliphatic rings. The topological polar surface area (TPSA) is 26.3 Å². The molecule has 0 spiro atoms. The van der Waals surface area contributed by atoms with Gasteiger partial charge in [-0.2, -0.15) is 0 Å². The predicted octanol–water partition coefficient (Wildman–Crippen LogP) is 2.70. The zero-order valence-corrected chi connectivity index (χ0v) is 9.18. The fourth-order valence-corrected chi connectivity index (χ4v) is 1.48. The second-order valence-electron chi connectivity index (χ2n) is 2.83. The smallest absolute Gasteiger partial charge is 0.138 e. The highest BCUT2D eigenvalue weighted by atomic mass is 35.5. The number of hydrogen-bond donors (Lipinski definition) is 0. The summed E-state index contributed by atoms with van der Waals surface area (Å²) in [6.07, 6.45) is 1.20. The van der Waals surface area contributed by atoms with E-state index >= 15 is 0 Å². The number of hydrogen-bond acceptors (Lipinski definition) is 2. The molecule has 1 aromatic carbocycles. The van der Waals surface area contributed by atoms with E-state index in [1.54, 1.807) is 19.2 Å². The molecular formula is C10H10Cl2O2. The highest BCUT2D eigenvalue weighted by molar-refractivity contribution is 6.32. The summed E-state index contributed by atoms with van der Waals surface area (Å²) in [4.78, 5) is 10.3. The van der Waals surface area contributed by atoms with Gasteiger partial charge in [-0.15, -0.1) is 11.6 Å². The van der Waals surface area contributed by atoms with E-state index in [1.165, 1.54) is 0 Å². The number of aldehydes is 1. The molecule has 0 aliphatic carbocycles. The lowest BCUT2D eigenvalue weighted by atomic mass is 10.1. The van der Waals surface area contributed by atoms with Gasteiger partial charge in [0, 0.05) is 0 Å². The zero-order chi connectivity index (χ0) is 10.6. The molecule has 1 atom stereocenters. The summed E-state index contributed by atoms with van der Waals surface area (Å²) in [7, 11) is 1.54. The van der Waals surface area contributed by atoms with E-state index in [4.69, 9.17) is 27.9 Å². The summed E-state index contributed by atoms with van der Waals surface area (Å²) in [5.41, 5.74) is 0.929. The Labute approximate surface area is 92.8 Å². The molecule has 0 saturated heterocycles. The number of rotatable bonds is 4. The van der Waals surface area contributed by atoms with Crippen molar-refractivity contribution in [3.05, 3.63) is 28.8 Å². The van der Waals surface area contributed by atoms with Crippen LogP contribution in [0.3, 0.4) is 0 Å². The van der Waals surface area contributed by atoms with E-state index in [9.17, 15) is 4.79 Å². The third-order valence-electron chi connectivity index (χ3n) is 1.79. The monoisotopic (exact) mass is 232 g/mol. The van der Waals surface area contributed by atoms with Gasteiger partial charge >= 0.3 is 0 Å². The van der Waals surface area contributed by atoms with Crippen LogP contribution in [-0.2, 0) is 11.2 Å². The molecule has 1 unspecified atom stereocenters. The van der Waals surface area contributed by atoms with Gasteiger partial charge in [0.05, 0.1) is 17.5 Å². The van der Waals surface area contributed by atoms with Crippen LogP contribution in [-0.4, -0.2) is 18.8 Å². The fraction of sp³-hybridized carbons (Fsp3) is 0.300. The third-order valence-corrected chi connectivity index (χ3v) is 2.36. The van der Waals surface area contributed by atoms with E-state index in [1.807, 2.05) is 6.07 Å². The van der Waals surface area contributed by atoms with Gasteiger partial charge < -0.3 is 9.53 Å². The molecular weight excluding hydrogens is 223 g/mol. The standard InChI is InChI=1S/C10H10Cl2O2/c1-14-10-5-7(2-3-9(10)12)4-8(11)6-13/h2-3,5-6,8H,4H2,1H3. The number of ether oxygens (including phenoxy) is 1. The van der Waals surface area contributed by atoms with Crippen LogP contribution in [0.25, 0.3) is 0 Å². The molecule has 0 fully saturated rings. The summed E-state index contributed by atoms with van der Waals surface area (Å²) in [6, 6.07) is 5.33. The molecule has 0 aromatic heterocycles. The van der Waals surface area contributed by atoms with Crippen molar-refractivity contribution in [2.45, 2.75) is 11.8 Å². The quantitative estimate of drug-likeness (QED) is 0.590. The first-order valence-corrected chi connectivity index (χ1v) is 4.90. The van der Waals surface area contributed by atoms with Crippen LogP contribution in [0.1, 0.15) is 5.56 Å². The second kappa shape index (κ2) is 5.23. The summed E-state index contributed by atoms with van der Waals surface area (Å²) in [5, 5.41) is 0.0503. The summed E-state index contributed by atoms with van der Waals surface area (Å²) in [6.45, 7) is 0. The average molecular weight is 233 g/mol. The van der Waals surface area contributed by atoms with E-state index in [2.05, 4.69) is 0 Å². The van der Waals surface area contributed by atoms with Crippen LogP contribution in [0.4, 0.5) is 0 Å². The SMILES string of the molecule is COc1cc(CC(Cl)C=O)ccc1Cl. The Bertz CT molecular complexity index is 326. The van der Waals surface area contributed by atoms with Crippen molar-refractivity contribution in [3.8, 4) is 5.75 Å².